The van der Waals surface area contributed by atoms with E-state index < -0.39 is 0 Å². The first-order valence-electron chi connectivity index (χ1n) is 6.46. The first-order chi connectivity index (χ1) is 9.10. The molecule has 0 spiro atoms. The van der Waals surface area contributed by atoms with Crippen molar-refractivity contribution in [2.75, 3.05) is 6.61 Å². The van der Waals surface area contributed by atoms with Gasteiger partial charge in [0, 0.05) is 30.3 Å². The third-order valence-corrected chi connectivity index (χ3v) is 4.26. The molecule has 0 saturated heterocycles. The minimum absolute atomic E-state index is 0.202. The molecule has 104 valence electrons. The van der Waals surface area contributed by atoms with Crippen LogP contribution in [0.3, 0.4) is 0 Å². The maximum atomic E-state index is 9.10. The third kappa shape index (κ3) is 3.65. The van der Waals surface area contributed by atoms with Gasteiger partial charge in [-0.2, -0.15) is 0 Å². The molecule has 0 aliphatic rings. The Labute approximate surface area is 117 Å². The van der Waals surface area contributed by atoms with Gasteiger partial charge in [0.05, 0.1) is 0 Å². The van der Waals surface area contributed by atoms with Crippen LogP contribution in [0, 0.1) is 12.8 Å². The molecule has 2 atom stereocenters. The van der Waals surface area contributed by atoms with Crippen LogP contribution in [-0.4, -0.2) is 22.7 Å². The summed E-state index contributed by atoms with van der Waals surface area (Å²) >= 11 is 1.63. The molecule has 0 radical (unpaired) electrons. The van der Waals surface area contributed by atoms with E-state index in [-0.39, 0.29) is 18.6 Å². The Balaban J connectivity index is 1.94. The lowest BCUT2D eigenvalue weighted by molar-refractivity contribution is 0.207. The van der Waals surface area contributed by atoms with E-state index in [9.17, 15) is 0 Å². The number of aliphatic hydroxyl groups is 1. The molecule has 0 aromatic carbocycles. The largest absolute Gasteiger partial charge is 0.459 e. The molecule has 2 aromatic heterocycles. The number of aromatic nitrogens is 1. The maximum Gasteiger partial charge on any atom is 0.162 e. The van der Waals surface area contributed by atoms with Crippen molar-refractivity contribution < 1.29 is 9.52 Å². The summed E-state index contributed by atoms with van der Waals surface area (Å²) in [5, 5.41) is 13.4. The summed E-state index contributed by atoms with van der Waals surface area (Å²) in [6, 6.07) is 4.17. The van der Waals surface area contributed by atoms with Gasteiger partial charge in [0.25, 0.3) is 0 Å². The van der Waals surface area contributed by atoms with E-state index in [1.165, 1.54) is 4.88 Å². The van der Waals surface area contributed by atoms with Crippen LogP contribution in [0.5, 0.6) is 0 Å². The van der Waals surface area contributed by atoms with E-state index in [0.717, 1.165) is 23.1 Å². The molecule has 5 heteroatoms. The molecule has 0 aliphatic heterocycles. The van der Waals surface area contributed by atoms with Gasteiger partial charge in [-0.25, -0.2) is 4.98 Å². The predicted molar refractivity (Wildman–Crippen MR) is 77.1 cm³/mol. The molecule has 2 rings (SSSR count). The van der Waals surface area contributed by atoms with Crippen LogP contribution in [0.15, 0.2) is 22.7 Å². The molecule has 19 heavy (non-hydrogen) atoms. The summed E-state index contributed by atoms with van der Waals surface area (Å²) in [4.78, 5) is 5.55. The molecule has 0 amide bonds. The van der Waals surface area contributed by atoms with Crippen LogP contribution in [0.2, 0.25) is 0 Å². The number of nitrogens with one attached hydrogen (secondary N) is 1. The lowest BCUT2D eigenvalue weighted by atomic mass is 10.1. The summed E-state index contributed by atoms with van der Waals surface area (Å²) in [7, 11) is 0. The Bertz CT molecular complexity index is 521. The van der Waals surface area contributed by atoms with Crippen molar-refractivity contribution in [3.05, 3.63) is 29.0 Å². The molecule has 2 unspecified atom stereocenters. The highest BCUT2D eigenvalue weighted by Gasteiger charge is 2.12. The number of thiazole rings is 1. The van der Waals surface area contributed by atoms with E-state index in [0.29, 0.717) is 0 Å². The van der Waals surface area contributed by atoms with Crippen molar-refractivity contribution in [3.8, 4) is 10.8 Å². The summed E-state index contributed by atoms with van der Waals surface area (Å²) in [5.41, 5.74) is 0. The monoisotopic (exact) mass is 280 g/mol. The molecular formula is C14H20N2O2S. The van der Waals surface area contributed by atoms with Crippen molar-refractivity contribution in [3.63, 3.8) is 0 Å². The average Bonchev–Trinajstić information content (AvgIpc) is 3.03. The Hall–Kier alpha value is -1.17. The molecular weight excluding hydrogens is 260 g/mol. The molecule has 2 N–H and O–H groups in total. The quantitative estimate of drug-likeness (QED) is 0.854. The molecule has 0 aliphatic carbocycles. The van der Waals surface area contributed by atoms with Crippen molar-refractivity contribution in [2.24, 2.45) is 5.92 Å². The van der Waals surface area contributed by atoms with Crippen molar-refractivity contribution in [1.82, 2.24) is 10.3 Å². The minimum atomic E-state index is 0.202. The highest BCUT2D eigenvalue weighted by molar-refractivity contribution is 7.14. The fourth-order valence-electron chi connectivity index (χ4n) is 1.67. The summed E-state index contributed by atoms with van der Waals surface area (Å²) < 4.78 is 5.56. The van der Waals surface area contributed by atoms with Gasteiger partial charge < -0.3 is 14.8 Å². The second kappa shape index (κ2) is 6.32. The second-order valence-electron chi connectivity index (χ2n) is 4.87. The topological polar surface area (TPSA) is 58.3 Å². The Morgan fingerprint density at radius 1 is 1.42 bits per heavy atom. The number of furan rings is 1. The zero-order valence-corrected chi connectivity index (χ0v) is 12.3. The third-order valence-electron chi connectivity index (χ3n) is 3.24. The Morgan fingerprint density at radius 2 is 2.21 bits per heavy atom. The normalized spacial score (nSPS) is 14.5. The highest BCUT2D eigenvalue weighted by atomic mass is 32.1. The SMILES string of the molecule is Cc1ccc(-c2ncc(CNC(C)C(C)CO)s2)o1. The second-order valence-corrected chi connectivity index (χ2v) is 5.99. The number of aryl methyl sites for hydroxylation is 1. The summed E-state index contributed by atoms with van der Waals surface area (Å²) in [6.07, 6.45) is 1.88. The highest BCUT2D eigenvalue weighted by Crippen LogP contribution is 2.26. The molecule has 0 bridgehead atoms. The zero-order chi connectivity index (χ0) is 13.8. The Morgan fingerprint density at radius 3 is 2.84 bits per heavy atom. The van der Waals surface area contributed by atoms with E-state index in [1.807, 2.05) is 32.2 Å². The number of hydrogen-bond donors (Lipinski definition) is 2. The minimum Gasteiger partial charge on any atom is -0.459 e. The molecule has 0 saturated carbocycles. The van der Waals surface area contributed by atoms with Crippen molar-refractivity contribution in [2.45, 2.75) is 33.4 Å². The van der Waals surface area contributed by atoms with E-state index >= 15 is 0 Å². The van der Waals surface area contributed by atoms with Gasteiger partial charge in [0.2, 0.25) is 0 Å². The number of nitrogens with zero attached hydrogens (tertiary/aromatic N) is 1. The standard InChI is InChI=1S/C14H20N2O2S/c1-9(8-17)11(3)15-6-12-7-16-14(19-12)13-5-4-10(2)18-13/h4-5,7,9,11,15,17H,6,8H2,1-3H3. The maximum absolute atomic E-state index is 9.10. The summed E-state index contributed by atoms with van der Waals surface area (Å²) in [5.74, 6) is 1.97. The van der Waals surface area contributed by atoms with E-state index in [2.05, 4.69) is 17.2 Å². The molecule has 0 fully saturated rings. The van der Waals surface area contributed by atoms with Gasteiger partial charge in [0.15, 0.2) is 10.8 Å². The molecule has 2 heterocycles. The fraction of sp³-hybridized carbons (Fsp3) is 0.500. The number of rotatable bonds is 6. The summed E-state index contributed by atoms with van der Waals surface area (Å²) in [6.45, 7) is 7.01. The molecule has 4 nitrogen and oxygen atoms in total. The van der Waals surface area contributed by atoms with Crippen molar-refractivity contribution >= 4 is 11.3 Å². The first-order valence-corrected chi connectivity index (χ1v) is 7.27. The van der Waals surface area contributed by atoms with Gasteiger partial charge in [-0.15, -0.1) is 11.3 Å². The zero-order valence-electron chi connectivity index (χ0n) is 11.5. The number of aliphatic hydroxyl groups excluding tert-OH is 1. The first kappa shape index (κ1) is 14.2. The van der Waals surface area contributed by atoms with Crippen LogP contribution < -0.4 is 5.32 Å². The van der Waals surface area contributed by atoms with Gasteiger partial charge >= 0.3 is 0 Å². The van der Waals surface area contributed by atoms with Gasteiger partial charge in [-0.1, -0.05) is 6.92 Å². The van der Waals surface area contributed by atoms with Crippen LogP contribution in [0.25, 0.3) is 10.8 Å². The fourth-order valence-corrected chi connectivity index (χ4v) is 2.50. The van der Waals surface area contributed by atoms with Crippen molar-refractivity contribution in [1.29, 1.82) is 0 Å². The van der Waals surface area contributed by atoms with Crippen LogP contribution in [0.4, 0.5) is 0 Å². The van der Waals surface area contributed by atoms with Crippen LogP contribution >= 0.6 is 11.3 Å². The van der Waals surface area contributed by atoms with Gasteiger partial charge in [-0.3, -0.25) is 0 Å². The lowest BCUT2D eigenvalue weighted by Gasteiger charge is -2.18. The predicted octanol–water partition coefficient (Wildman–Crippen LogP) is 2.82. The molecule has 2 aromatic rings. The van der Waals surface area contributed by atoms with Gasteiger partial charge in [0.1, 0.15) is 5.76 Å². The average molecular weight is 280 g/mol. The number of hydrogen-bond acceptors (Lipinski definition) is 5. The Kier molecular flexibility index (Phi) is 4.74. The lowest BCUT2D eigenvalue weighted by Crippen LogP contribution is -2.33. The van der Waals surface area contributed by atoms with Crippen LogP contribution in [0.1, 0.15) is 24.5 Å². The van der Waals surface area contributed by atoms with Crippen LogP contribution in [-0.2, 0) is 6.54 Å². The van der Waals surface area contributed by atoms with E-state index in [4.69, 9.17) is 9.52 Å². The van der Waals surface area contributed by atoms with E-state index in [1.54, 1.807) is 11.3 Å². The smallest absolute Gasteiger partial charge is 0.162 e. The van der Waals surface area contributed by atoms with Gasteiger partial charge in [-0.05, 0) is 31.9 Å².